The largest absolute Gasteiger partial charge is 1.00 e. The van der Waals surface area contributed by atoms with Gasteiger partial charge in [-0.25, -0.2) is 14.3 Å². The zero-order valence-electron chi connectivity index (χ0n) is 31.9. The van der Waals surface area contributed by atoms with Gasteiger partial charge in [-0.1, -0.05) is 11.8 Å². The van der Waals surface area contributed by atoms with Gasteiger partial charge in [0.2, 0.25) is 0 Å². The number of pyridine rings is 1. The van der Waals surface area contributed by atoms with Crippen molar-refractivity contribution in [3.63, 3.8) is 0 Å². The van der Waals surface area contributed by atoms with Gasteiger partial charge in [0.15, 0.2) is 11.6 Å². The number of unbranched alkanes of at least 4 members (excludes halogenated alkanes) is 2. The molecule has 0 aromatic carbocycles. The number of hydrogen-bond acceptors (Lipinski definition) is 16. The summed E-state index contributed by atoms with van der Waals surface area (Å²) in [6.45, 7) is 1.14. The quantitative estimate of drug-likeness (QED) is 0.0426. The van der Waals surface area contributed by atoms with Gasteiger partial charge in [0.05, 0.1) is 42.8 Å². The molecule has 0 aliphatic heterocycles. The Morgan fingerprint density at radius 1 is 0.800 bits per heavy atom. The van der Waals surface area contributed by atoms with Gasteiger partial charge in [0.1, 0.15) is 13.9 Å². The summed E-state index contributed by atoms with van der Waals surface area (Å²) in [6, 6.07) is 6.30. The molecule has 0 fully saturated rings. The molecule has 2 unspecified atom stereocenters. The van der Waals surface area contributed by atoms with Crippen LogP contribution in [0.3, 0.4) is 0 Å². The van der Waals surface area contributed by atoms with E-state index >= 15 is 0 Å². The minimum absolute atomic E-state index is 0. The molecule has 3 heterocycles. The zero-order valence-corrected chi connectivity index (χ0v) is 41.7. The molecule has 3 aromatic heterocycles. The number of carbonyl (C=O) groups is 3. The predicted molar refractivity (Wildman–Crippen MR) is 170 cm³/mol. The van der Waals surface area contributed by atoms with Crippen LogP contribution < -0.4 is 138 Å². The van der Waals surface area contributed by atoms with Crippen molar-refractivity contribution in [2.75, 3.05) is 38.9 Å². The number of aliphatic carboxylic acids is 3. The molecule has 19 nitrogen and oxygen atoms in total. The summed E-state index contributed by atoms with van der Waals surface area (Å²) in [5.41, 5.74) is 1.07. The average Bonchev–Trinajstić information content (AvgIpc) is 3.67. The first-order valence-corrected chi connectivity index (χ1v) is 19.1. The Bertz CT molecular complexity index is 1730. The summed E-state index contributed by atoms with van der Waals surface area (Å²) < 4.78 is 36.9. The molecule has 3 rings (SSSR count). The van der Waals surface area contributed by atoms with Crippen LogP contribution in [0, 0.1) is 11.8 Å². The SMILES string of the molecule is CCOP(=O)([O-])CN(CC(=O)[O-])Cc1ccn(-c2cc(C#CCCCCC(=O)[O-])cc(-n3ccc(CN(CC(=O)[O-])CP(=O)(O)OCC)n3)n2)n1.[Na+].[Na+].[Na+].[Na+]. The monoisotopic (exact) mass is 841 g/mol. The van der Waals surface area contributed by atoms with E-state index in [9.17, 15) is 48.6 Å². The van der Waals surface area contributed by atoms with Crippen LogP contribution in [0.2, 0.25) is 0 Å². The van der Waals surface area contributed by atoms with Gasteiger partial charge in [-0.2, -0.15) is 10.2 Å². The number of carbonyl (C=O) groups excluding carboxylic acids is 3. The maximum atomic E-state index is 12.3. The minimum Gasteiger partial charge on any atom is -0.778 e. The molecular weight excluding hydrogens is 804 g/mol. The fraction of sp³-hybridized carbons (Fsp3) is 0.467. The minimum atomic E-state index is -4.38. The van der Waals surface area contributed by atoms with E-state index < -0.39 is 58.8 Å². The molecule has 1 N–H and O–H groups in total. The first kappa shape index (κ1) is 56.9. The van der Waals surface area contributed by atoms with Crippen molar-refractivity contribution in [1.29, 1.82) is 0 Å². The molecule has 0 aliphatic rings. The van der Waals surface area contributed by atoms with E-state index in [0.29, 0.717) is 36.2 Å². The Morgan fingerprint density at radius 3 is 1.75 bits per heavy atom. The summed E-state index contributed by atoms with van der Waals surface area (Å²) in [5, 5.41) is 42.2. The van der Waals surface area contributed by atoms with Crippen LogP contribution in [-0.2, 0) is 45.7 Å². The van der Waals surface area contributed by atoms with Gasteiger partial charge in [-0.05, 0) is 57.4 Å². The van der Waals surface area contributed by atoms with Crippen molar-refractivity contribution < 1.29 is 176 Å². The number of hydrogen-bond donors (Lipinski definition) is 1. The first-order chi connectivity index (χ1) is 24.1. The number of nitrogens with zero attached hydrogens (tertiary/aromatic N) is 7. The Morgan fingerprint density at radius 2 is 1.29 bits per heavy atom. The molecule has 0 saturated carbocycles. The van der Waals surface area contributed by atoms with Crippen LogP contribution in [-0.4, -0.2) is 96.0 Å². The van der Waals surface area contributed by atoms with E-state index in [0.717, 1.165) is 9.80 Å². The zero-order chi connectivity index (χ0) is 37.6. The van der Waals surface area contributed by atoms with Gasteiger partial charge in [-0.3, -0.25) is 14.4 Å². The van der Waals surface area contributed by atoms with E-state index in [1.54, 1.807) is 18.2 Å². The third-order valence-electron chi connectivity index (χ3n) is 6.61. The summed E-state index contributed by atoms with van der Waals surface area (Å²) in [5.74, 6) is 2.35. The van der Waals surface area contributed by atoms with Crippen molar-refractivity contribution in [2.24, 2.45) is 0 Å². The number of carboxylic acid groups (broad SMARTS) is 3. The molecule has 0 amide bonds. The maximum Gasteiger partial charge on any atom is 1.00 e. The van der Waals surface area contributed by atoms with Crippen LogP contribution in [0.25, 0.3) is 11.6 Å². The number of rotatable bonds is 22. The van der Waals surface area contributed by atoms with Crippen LogP contribution in [0.4, 0.5) is 0 Å². The molecule has 2 atom stereocenters. The smallest absolute Gasteiger partial charge is 0.778 e. The standard InChI is InChI=1S/C30H41N7O12P2.4Na/c1-3-48-50(44,45)21-34(19-29(40)41)17-24-11-13-36(32-24)26-15-23(9-7-5-6-8-10-28(38)39)16-27(31-26)37-14-12-25(33-37)18-35(20-30(42)43)22-51(46,47)49-4-2;;;;/h11-16H,3-6,8,10,17-22H2,1-2H3,(H,38,39)(H,40,41)(H,42,43)(H,44,45)(H,46,47);;;;/q;4*+1/p-4. The van der Waals surface area contributed by atoms with Gasteiger partial charge in [0.25, 0.3) is 0 Å². The summed E-state index contributed by atoms with van der Waals surface area (Å²) in [7, 11) is -8.51. The van der Waals surface area contributed by atoms with Crippen molar-refractivity contribution in [3.8, 4) is 23.5 Å². The van der Waals surface area contributed by atoms with Crippen molar-refractivity contribution >= 4 is 33.1 Å². The molecular formula is C30H37N7Na4O12P2. The van der Waals surface area contributed by atoms with Crippen LogP contribution in [0.1, 0.15) is 56.5 Å². The van der Waals surface area contributed by atoms with E-state index in [1.165, 1.54) is 41.7 Å². The molecule has 25 heteroatoms. The fourth-order valence-corrected chi connectivity index (χ4v) is 7.07. The topological polar surface area (TPSA) is 271 Å². The second kappa shape index (κ2) is 28.3. The van der Waals surface area contributed by atoms with Gasteiger partial charge in [-0.15, -0.1) is 0 Å². The second-order valence-corrected chi connectivity index (χ2v) is 14.6. The van der Waals surface area contributed by atoms with Crippen molar-refractivity contribution in [1.82, 2.24) is 34.3 Å². The Labute approximate surface area is 407 Å². The molecule has 0 aliphatic carbocycles. The average molecular weight is 842 g/mol. The predicted octanol–water partition coefficient (Wildman–Crippen LogP) is -14.0. The second-order valence-electron chi connectivity index (χ2n) is 11.0. The number of aromatic nitrogens is 5. The Hall–Kier alpha value is -0.240. The molecule has 0 bridgehead atoms. The van der Waals surface area contributed by atoms with E-state index in [-0.39, 0.29) is 163 Å². The fourth-order valence-electron chi connectivity index (χ4n) is 4.72. The molecule has 3 aromatic rings. The van der Waals surface area contributed by atoms with Crippen molar-refractivity contribution in [2.45, 2.75) is 52.6 Å². The molecule has 0 spiro atoms. The van der Waals surface area contributed by atoms with Gasteiger partial charge < -0.3 is 53.1 Å². The van der Waals surface area contributed by atoms with Crippen LogP contribution >= 0.6 is 15.2 Å². The molecule has 278 valence electrons. The summed E-state index contributed by atoms with van der Waals surface area (Å²) >= 11 is 0. The Balaban J connectivity index is 0. The first-order valence-electron chi connectivity index (χ1n) is 15.6. The van der Waals surface area contributed by atoms with Crippen molar-refractivity contribution in [3.05, 3.63) is 53.6 Å². The molecule has 0 radical (unpaired) electrons. The summed E-state index contributed by atoms with van der Waals surface area (Å²) in [6.07, 6.45) is 2.99. The van der Waals surface area contributed by atoms with E-state index in [1.807, 2.05) is 0 Å². The van der Waals surface area contributed by atoms with Gasteiger partial charge >= 0.3 is 126 Å². The van der Waals surface area contributed by atoms with Crippen LogP contribution in [0.5, 0.6) is 0 Å². The maximum absolute atomic E-state index is 12.3. The normalized spacial score (nSPS) is 12.8. The molecule has 0 saturated heterocycles. The van der Waals surface area contributed by atoms with E-state index in [4.69, 9.17) is 9.05 Å². The van der Waals surface area contributed by atoms with Gasteiger partial charge in [0, 0.05) is 56.5 Å². The van der Waals surface area contributed by atoms with E-state index in [2.05, 4.69) is 27.0 Å². The summed E-state index contributed by atoms with van der Waals surface area (Å²) in [4.78, 5) is 62.5. The number of carboxylic acids is 3. The third-order valence-corrected chi connectivity index (χ3v) is 9.42. The Kier molecular flexibility index (Phi) is 29.2. The third kappa shape index (κ3) is 22.1. The molecule has 55 heavy (non-hydrogen) atoms. The van der Waals surface area contributed by atoms with Crippen LogP contribution in [0.15, 0.2) is 36.7 Å².